The molecule has 138 valence electrons. The number of nitrogens with zero attached hydrogens (tertiary/aromatic N) is 1. The first-order valence-electron chi connectivity index (χ1n) is 8.80. The van der Waals surface area contributed by atoms with Gasteiger partial charge in [-0.25, -0.2) is 0 Å². The molecular formula is C23H17BrN2O2. The van der Waals surface area contributed by atoms with Crippen LogP contribution in [0.4, 0.5) is 5.69 Å². The van der Waals surface area contributed by atoms with E-state index in [4.69, 9.17) is 4.42 Å². The van der Waals surface area contributed by atoms with Crippen LogP contribution in [0.25, 0.3) is 28.3 Å². The molecule has 0 fully saturated rings. The Morgan fingerprint density at radius 1 is 1.04 bits per heavy atom. The lowest BCUT2D eigenvalue weighted by Gasteiger charge is -2.06. The largest absolute Gasteiger partial charge is 0.457 e. The number of rotatable bonds is 4. The second kappa shape index (κ2) is 7.82. The highest BCUT2D eigenvalue weighted by Crippen LogP contribution is 2.25. The number of hydrogen-bond acceptors (Lipinski definition) is 3. The summed E-state index contributed by atoms with van der Waals surface area (Å²) in [6.07, 6.45) is 3.11. The number of amides is 1. The Hall–Kier alpha value is -3.18. The molecule has 0 unspecified atom stereocenters. The normalized spacial score (nSPS) is 11.2. The van der Waals surface area contributed by atoms with Gasteiger partial charge in [-0.05, 0) is 49.4 Å². The second-order valence-electron chi connectivity index (χ2n) is 6.36. The van der Waals surface area contributed by atoms with Crippen LogP contribution >= 0.6 is 15.9 Å². The van der Waals surface area contributed by atoms with E-state index in [1.54, 1.807) is 6.08 Å². The Morgan fingerprint density at radius 3 is 2.68 bits per heavy atom. The number of halogens is 1. The standard InChI is InChI=1S/C23H17BrN2O2/c1-15-5-6-17-3-2-4-20(23(17)25-15)26-22(27)14-12-19-11-13-21(28-19)16-7-9-18(24)10-8-16/h2-14H,1H3,(H,26,27)/b14-12+. The van der Waals surface area contributed by atoms with Crippen molar-refractivity contribution in [3.8, 4) is 11.3 Å². The van der Waals surface area contributed by atoms with Crippen molar-refractivity contribution in [2.24, 2.45) is 0 Å². The number of furan rings is 1. The number of carbonyl (C=O) groups is 1. The first-order valence-corrected chi connectivity index (χ1v) is 9.59. The molecule has 0 bridgehead atoms. The molecule has 0 aliphatic rings. The van der Waals surface area contributed by atoms with Gasteiger partial charge in [0.05, 0.1) is 11.2 Å². The topological polar surface area (TPSA) is 55.1 Å². The molecular weight excluding hydrogens is 416 g/mol. The summed E-state index contributed by atoms with van der Waals surface area (Å²) in [6, 6.07) is 21.2. The Bertz CT molecular complexity index is 1180. The third-order valence-corrected chi connectivity index (χ3v) is 4.80. The predicted molar refractivity (Wildman–Crippen MR) is 116 cm³/mol. The fraction of sp³-hybridized carbons (Fsp3) is 0.0435. The van der Waals surface area contributed by atoms with Crippen LogP contribution in [-0.2, 0) is 4.79 Å². The lowest BCUT2D eigenvalue weighted by atomic mass is 10.1. The third kappa shape index (κ3) is 4.05. The number of hydrogen-bond donors (Lipinski definition) is 1. The van der Waals surface area contributed by atoms with Crippen LogP contribution in [0.15, 0.2) is 81.7 Å². The van der Waals surface area contributed by atoms with Crippen LogP contribution < -0.4 is 5.32 Å². The SMILES string of the molecule is Cc1ccc2cccc(NC(=O)/C=C/c3ccc(-c4ccc(Br)cc4)o3)c2n1. The van der Waals surface area contributed by atoms with Gasteiger partial charge in [-0.3, -0.25) is 9.78 Å². The smallest absolute Gasteiger partial charge is 0.248 e. The fourth-order valence-electron chi connectivity index (χ4n) is 2.89. The van der Waals surface area contributed by atoms with Crippen molar-refractivity contribution in [1.82, 2.24) is 4.98 Å². The van der Waals surface area contributed by atoms with Crippen LogP contribution in [0, 0.1) is 6.92 Å². The lowest BCUT2D eigenvalue weighted by Crippen LogP contribution is -2.08. The molecule has 4 nitrogen and oxygen atoms in total. The van der Waals surface area contributed by atoms with Gasteiger partial charge in [0.2, 0.25) is 5.91 Å². The molecule has 0 spiro atoms. The molecule has 2 aromatic heterocycles. The van der Waals surface area contributed by atoms with E-state index < -0.39 is 0 Å². The van der Waals surface area contributed by atoms with Gasteiger partial charge in [0.25, 0.3) is 0 Å². The summed E-state index contributed by atoms with van der Waals surface area (Å²) in [6.45, 7) is 1.93. The molecule has 4 aromatic rings. The van der Waals surface area contributed by atoms with Crippen molar-refractivity contribution in [1.29, 1.82) is 0 Å². The first kappa shape index (κ1) is 18.2. The van der Waals surface area contributed by atoms with E-state index >= 15 is 0 Å². The number of anilines is 1. The Labute approximate surface area is 171 Å². The Balaban J connectivity index is 1.49. The summed E-state index contributed by atoms with van der Waals surface area (Å²) in [7, 11) is 0. The Kier molecular flexibility index (Phi) is 5.08. The number of benzene rings is 2. The molecule has 0 saturated carbocycles. The number of para-hydroxylation sites is 1. The maximum absolute atomic E-state index is 12.4. The maximum atomic E-state index is 12.4. The maximum Gasteiger partial charge on any atom is 0.248 e. The summed E-state index contributed by atoms with van der Waals surface area (Å²) in [4.78, 5) is 16.9. The second-order valence-corrected chi connectivity index (χ2v) is 7.28. The summed E-state index contributed by atoms with van der Waals surface area (Å²) in [5, 5.41) is 3.88. The molecule has 0 aliphatic heterocycles. The molecule has 0 saturated heterocycles. The summed E-state index contributed by atoms with van der Waals surface area (Å²) in [5.41, 5.74) is 3.34. The zero-order valence-corrected chi connectivity index (χ0v) is 16.7. The number of pyridine rings is 1. The van der Waals surface area contributed by atoms with Crippen LogP contribution in [0.3, 0.4) is 0 Å². The fourth-order valence-corrected chi connectivity index (χ4v) is 3.15. The summed E-state index contributed by atoms with van der Waals surface area (Å²) in [5.74, 6) is 1.12. The van der Waals surface area contributed by atoms with Gasteiger partial charge in [0.15, 0.2) is 0 Å². The molecule has 0 radical (unpaired) electrons. The molecule has 0 atom stereocenters. The predicted octanol–water partition coefficient (Wildman–Crippen LogP) is 6.22. The average Bonchev–Trinajstić information content (AvgIpc) is 3.16. The molecule has 1 amide bonds. The molecule has 28 heavy (non-hydrogen) atoms. The van der Waals surface area contributed by atoms with E-state index in [0.717, 1.165) is 32.4 Å². The van der Waals surface area contributed by atoms with E-state index in [0.29, 0.717) is 11.4 Å². The van der Waals surface area contributed by atoms with Crippen molar-refractivity contribution in [3.05, 3.63) is 88.7 Å². The number of nitrogens with one attached hydrogen (secondary N) is 1. The minimum Gasteiger partial charge on any atom is -0.457 e. The highest BCUT2D eigenvalue weighted by molar-refractivity contribution is 9.10. The van der Waals surface area contributed by atoms with Crippen molar-refractivity contribution in [2.45, 2.75) is 6.92 Å². The van der Waals surface area contributed by atoms with E-state index in [9.17, 15) is 4.79 Å². The van der Waals surface area contributed by atoms with Gasteiger partial charge >= 0.3 is 0 Å². The van der Waals surface area contributed by atoms with Crippen molar-refractivity contribution in [2.75, 3.05) is 5.32 Å². The van der Waals surface area contributed by atoms with Crippen LogP contribution in [0.5, 0.6) is 0 Å². The molecule has 1 N–H and O–H groups in total. The van der Waals surface area contributed by atoms with Crippen molar-refractivity contribution < 1.29 is 9.21 Å². The van der Waals surface area contributed by atoms with E-state index in [1.165, 1.54) is 6.08 Å². The van der Waals surface area contributed by atoms with Gasteiger partial charge in [-0.15, -0.1) is 0 Å². The molecule has 5 heteroatoms. The van der Waals surface area contributed by atoms with Crippen LogP contribution in [-0.4, -0.2) is 10.9 Å². The number of carbonyl (C=O) groups excluding carboxylic acids is 1. The van der Waals surface area contributed by atoms with Crippen molar-refractivity contribution >= 4 is 44.5 Å². The minimum atomic E-state index is -0.239. The zero-order chi connectivity index (χ0) is 19.5. The average molecular weight is 433 g/mol. The van der Waals surface area contributed by atoms with Gasteiger partial charge in [0, 0.05) is 27.2 Å². The highest BCUT2D eigenvalue weighted by Gasteiger charge is 2.06. The highest BCUT2D eigenvalue weighted by atomic mass is 79.9. The minimum absolute atomic E-state index is 0.239. The van der Waals surface area contributed by atoms with Gasteiger partial charge < -0.3 is 9.73 Å². The zero-order valence-electron chi connectivity index (χ0n) is 15.1. The Morgan fingerprint density at radius 2 is 1.86 bits per heavy atom. The molecule has 0 aliphatic carbocycles. The summed E-state index contributed by atoms with van der Waals surface area (Å²) < 4.78 is 6.81. The monoisotopic (exact) mass is 432 g/mol. The molecule has 2 aromatic carbocycles. The summed E-state index contributed by atoms with van der Waals surface area (Å²) >= 11 is 3.42. The molecule has 2 heterocycles. The quantitative estimate of drug-likeness (QED) is 0.389. The van der Waals surface area contributed by atoms with E-state index in [1.807, 2.05) is 73.7 Å². The number of aryl methyl sites for hydroxylation is 1. The van der Waals surface area contributed by atoms with E-state index in [2.05, 4.69) is 26.2 Å². The molecule has 4 rings (SSSR count). The van der Waals surface area contributed by atoms with E-state index in [-0.39, 0.29) is 5.91 Å². The third-order valence-electron chi connectivity index (χ3n) is 4.27. The van der Waals surface area contributed by atoms with Crippen LogP contribution in [0.2, 0.25) is 0 Å². The number of aromatic nitrogens is 1. The lowest BCUT2D eigenvalue weighted by molar-refractivity contribution is -0.111. The first-order chi connectivity index (χ1) is 13.6. The van der Waals surface area contributed by atoms with Crippen molar-refractivity contribution in [3.63, 3.8) is 0 Å². The number of fused-ring (bicyclic) bond motifs is 1. The van der Waals surface area contributed by atoms with Gasteiger partial charge in [0.1, 0.15) is 11.5 Å². The van der Waals surface area contributed by atoms with Gasteiger partial charge in [-0.1, -0.05) is 46.3 Å². The van der Waals surface area contributed by atoms with Crippen LogP contribution in [0.1, 0.15) is 11.5 Å². The van der Waals surface area contributed by atoms with Gasteiger partial charge in [-0.2, -0.15) is 0 Å².